The van der Waals surface area contributed by atoms with Crippen LogP contribution in [-0.4, -0.2) is 5.11 Å². The lowest BCUT2D eigenvalue weighted by Crippen LogP contribution is -1.98. The van der Waals surface area contributed by atoms with Crippen molar-refractivity contribution in [2.45, 2.75) is 6.10 Å². The van der Waals surface area contributed by atoms with Crippen LogP contribution in [0.4, 0.5) is 4.39 Å². The molecule has 0 aliphatic heterocycles. The van der Waals surface area contributed by atoms with Gasteiger partial charge in [0, 0.05) is 0 Å². The van der Waals surface area contributed by atoms with Crippen LogP contribution in [0.25, 0.3) is 0 Å². The predicted molar refractivity (Wildman–Crippen MR) is 54.2 cm³/mol. The fourth-order valence-corrected chi connectivity index (χ4v) is 1.47. The molecular weight excluding hydrogens is 219 g/mol. The van der Waals surface area contributed by atoms with E-state index in [-0.39, 0.29) is 5.22 Å². The second-order valence-corrected chi connectivity index (χ2v) is 3.47. The number of hydrogen-bond acceptors (Lipinski definition) is 2. The Morgan fingerprint density at radius 2 is 2.07 bits per heavy atom. The van der Waals surface area contributed by atoms with Gasteiger partial charge >= 0.3 is 0 Å². The molecule has 0 aliphatic rings. The largest absolute Gasteiger partial charge is 0.447 e. The van der Waals surface area contributed by atoms with E-state index in [1.54, 1.807) is 12.1 Å². The molecule has 15 heavy (non-hydrogen) atoms. The topological polar surface area (TPSA) is 33.4 Å². The SMILES string of the molecule is OC(c1cccc(F)c1)c1ccc(Cl)o1. The molecule has 4 heteroatoms. The predicted octanol–water partition coefficient (Wildman–Crippen LogP) is 3.15. The summed E-state index contributed by atoms with van der Waals surface area (Å²) in [7, 11) is 0. The van der Waals surface area contributed by atoms with Gasteiger partial charge in [0.25, 0.3) is 0 Å². The summed E-state index contributed by atoms with van der Waals surface area (Å²) >= 11 is 5.57. The summed E-state index contributed by atoms with van der Waals surface area (Å²) in [6.07, 6.45) is -0.992. The van der Waals surface area contributed by atoms with Gasteiger partial charge in [-0.1, -0.05) is 12.1 Å². The van der Waals surface area contributed by atoms with E-state index in [0.717, 1.165) is 0 Å². The summed E-state index contributed by atoms with van der Waals surface area (Å²) in [5, 5.41) is 10.0. The van der Waals surface area contributed by atoms with Crippen LogP contribution in [-0.2, 0) is 0 Å². The van der Waals surface area contributed by atoms with Gasteiger partial charge in [-0.2, -0.15) is 0 Å². The molecule has 2 rings (SSSR count). The highest BCUT2D eigenvalue weighted by atomic mass is 35.5. The van der Waals surface area contributed by atoms with E-state index >= 15 is 0 Å². The second kappa shape index (κ2) is 4.04. The van der Waals surface area contributed by atoms with Crippen molar-refractivity contribution in [3.8, 4) is 0 Å². The van der Waals surface area contributed by atoms with Crippen molar-refractivity contribution in [3.63, 3.8) is 0 Å². The number of hydrogen-bond donors (Lipinski definition) is 1. The molecule has 0 radical (unpaired) electrons. The Bertz CT molecular complexity index is 467. The Kier molecular flexibility index (Phi) is 2.75. The maximum absolute atomic E-state index is 12.9. The smallest absolute Gasteiger partial charge is 0.193 e. The minimum absolute atomic E-state index is 0.195. The van der Waals surface area contributed by atoms with Crippen molar-refractivity contribution in [2.75, 3.05) is 0 Å². The average Bonchev–Trinajstić information content (AvgIpc) is 2.64. The average molecular weight is 227 g/mol. The molecule has 78 valence electrons. The number of furan rings is 1. The number of benzene rings is 1. The van der Waals surface area contributed by atoms with Crippen molar-refractivity contribution in [1.82, 2.24) is 0 Å². The molecular formula is C11H8ClFO2. The van der Waals surface area contributed by atoms with Gasteiger partial charge in [-0.05, 0) is 41.4 Å². The van der Waals surface area contributed by atoms with Crippen molar-refractivity contribution >= 4 is 11.6 Å². The molecule has 0 saturated heterocycles. The van der Waals surface area contributed by atoms with Crippen LogP contribution < -0.4 is 0 Å². The molecule has 0 spiro atoms. The van der Waals surface area contributed by atoms with Crippen molar-refractivity contribution in [1.29, 1.82) is 0 Å². The summed E-state index contributed by atoms with van der Waals surface area (Å²) in [5.41, 5.74) is 0.431. The number of halogens is 2. The van der Waals surface area contributed by atoms with Gasteiger partial charge in [0.1, 0.15) is 17.7 Å². The van der Waals surface area contributed by atoms with Gasteiger partial charge in [0.15, 0.2) is 5.22 Å². The molecule has 0 saturated carbocycles. The summed E-state index contributed by atoms with van der Waals surface area (Å²) in [6, 6.07) is 8.78. The van der Waals surface area contributed by atoms with Gasteiger partial charge in [-0.3, -0.25) is 0 Å². The van der Waals surface area contributed by atoms with Gasteiger partial charge < -0.3 is 9.52 Å². The van der Waals surface area contributed by atoms with Gasteiger partial charge in [0.05, 0.1) is 0 Å². The van der Waals surface area contributed by atoms with Crippen LogP contribution >= 0.6 is 11.6 Å². The number of rotatable bonds is 2. The first-order valence-corrected chi connectivity index (χ1v) is 4.73. The molecule has 1 aromatic carbocycles. The maximum Gasteiger partial charge on any atom is 0.193 e. The third-order valence-electron chi connectivity index (χ3n) is 2.03. The molecule has 2 nitrogen and oxygen atoms in total. The standard InChI is InChI=1S/C11H8ClFO2/c12-10-5-4-9(15-10)11(14)7-2-1-3-8(13)6-7/h1-6,11,14H. The molecule has 1 N–H and O–H groups in total. The monoisotopic (exact) mass is 226 g/mol. The zero-order chi connectivity index (χ0) is 10.8. The molecule has 0 amide bonds. The van der Waals surface area contributed by atoms with Gasteiger partial charge in [-0.15, -0.1) is 0 Å². The third kappa shape index (κ3) is 2.19. The van der Waals surface area contributed by atoms with Gasteiger partial charge in [-0.25, -0.2) is 4.39 Å². The lowest BCUT2D eigenvalue weighted by atomic mass is 10.1. The molecule has 0 fully saturated rings. The highest BCUT2D eigenvalue weighted by Crippen LogP contribution is 2.25. The Labute approximate surface area is 90.9 Å². The molecule has 1 heterocycles. The fourth-order valence-electron chi connectivity index (χ4n) is 1.32. The number of aliphatic hydroxyl groups excluding tert-OH is 1. The molecule has 0 aliphatic carbocycles. The first-order chi connectivity index (χ1) is 7.16. The van der Waals surface area contributed by atoms with E-state index in [4.69, 9.17) is 16.0 Å². The highest BCUT2D eigenvalue weighted by Gasteiger charge is 2.14. The van der Waals surface area contributed by atoms with E-state index in [1.165, 1.54) is 24.3 Å². The zero-order valence-corrected chi connectivity index (χ0v) is 8.41. The lowest BCUT2D eigenvalue weighted by Gasteiger charge is -2.07. The lowest BCUT2D eigenvalue weighted by molar-refractivity contribution is 0.189. The fraction of sp³-hybridized carbons (Fsp3) is 0.0909. The Hall–Kier alpha value is -1.32. The minimum atomic E-state index is -0.992. The summed E-state index contributed by atoms with van der Waals surface area (Å²) in [5.74, 6) is -0.102. The molecule has 1 unspecified atom stereocenters. The first kappa shape index (κ1) is 10.2. The van der Waals surface area contributed by atoms with E-state index in [9.17, 15) is 9.50 Å². The van der Waals surface area contributed by atoms with Crippen LogP contribution in [0.15, 0.2) is 40.8 Å². The maximum atomic E-state index is 12.9. The Morgan fingerprint density at radius 3 is 2.67 bits per heavy atom. The molecule has 1 aromatic heterocycles. The molecule has 0 bridgehead atoms. The van der Waals surface area contributed by atoms with Crippen LogP contribution in [0.5, 0.6) is 0 Å². The summed E-state index contributed by atoms with van der Waals surface area (Å²) < 4.78 is 17.9. The normalized spacial score (nSPS) is 12.7. The molecule has 2 aromatic rings. The number of aliphatic hydroxyl groups is 1. The Morgan fingerprint density at radius 1 is 1.27 bits per heavy atom. The van der Waals surface area contributed by atoms with Crippen molar-refractivity contribution < 1.29 is 13.9 Å². The van der Waals surface area contributed by atoms with E-state index in [2.05, 4.69) is 0 Å². The van der Waals surface area contributed by atoms with Crippen LogP contribution in [0, 0.1) is 5.82 Å². The zero-order valence-electron chi connectivity index (χ0n) is 7.65. The second-order valence-electron chi connectivity index (χ2n) is 3.10. The van der Waals surface area contributed by atoms with Crippen LogP contribution in [0.1, 0.15) is 17.4 Å². The Balaban J connectivity index is 2.32. The highest BCUT2D eigenvalue weighted by molar-refractivity contribution is 6.28. The van der Waals surface area contributed by atoms with E-state index in [1.807, 2.05) is 0 Å². The quantitative estimate of drug-likeness (QED) is 0.853. The van der Waals surface area contributed by atoms with E-state index in [0.29, 0.717) is 11.3 Å². The summed E-state index contributed by atoms with van der Waals surface area (Å²) in [6.45, 7) is 0. The third-order valence-corrected chi connectivity index (χ3v) is 2.23. The van der Waals surface area contributed by atoms with E-state index < -0.39 is 11.9 Å². The van der Waals surface area contributed by atoms with Crippen molar-refractivity contribution in [3.05, 3.63) is 58.8 Å². The molecule has 1 atom stereocenters. The van der Waals surface area contributed by atoms with Crippen LogP contribution in [0.2, 0.25) is 5.22 Å². The summed E-state index contributed by atoms with van der Waals surface area (Å²) in [4.78, 5) is 0. The van der Waals surface area contributed by atoms with Gasteiger partial charge in [0.2, 0.25) is 0 Å². The minimum Gasteiger partial charge on any atom is -0.447 e. The van der Waals surface area contributed by atoms with Crippen LogP contribution in [0.3, 0.4) is 0 Å². The first-order valence-electron chi connectivity index (χ1n) is 4.35. The van der Waals surface area contributed by atoms with Crippen molar-refractivity contribution in [2.24, 2.45) is 0 Å².